The van der Waals surface area contributed by atoms with Crippen molar-refractivity contribution in [3.8, 4) is 17.2 Å². The van der Waals surface area contributed by atoms with Gasteiger partial charge in [0.1, 0.15) is 30.0 Å². The maximum absolute atomic E-state index is 12.6. The minimum absolute atomic E-state index is 0.153. The Balaban J connectivity index is 1.41. The third-order valence-corrected chi connectivity index (χ3v) is 6.85. The topological polar surface area (TPSA) is 85.0 Å². The molecule has 3 aromatic carbocycles. The molecule has 6 nitrogen and oxygen atoms in total. The van der Waals surface area contributed by atoms with Crippen LogP contribution in [0.3, 0.4) is 0 Å². The molecule has 1 fully saturated rings. The Morgan fingerprint density at radius 1 is 1.14 bits per heavy atom. The third-order valence-electron chi connectivity index (χ3n) is 6.85. The summed E-state index contributed by atoms with van der Waals surface area (Å²) in [6.07, 6.45) is -0.432. The highest BCUT2D eigenvalue weighted by Crippen LogP contribution is 2.47. The molecule has 0 aliphatic carbocycles. The summed E-state index contributed by atoms with van der Waals surface area (Å²) >= 11 is 0. The minimum Gasteiger partial charge on any atom is -0.508 e. The largest absolute Gasteiger partial charge is 0.508 e. The summed E-state index contributed by atoms with van der Waals surface area (Å²) in [7, 11) is 0. The molecule has 3 N–H and O–H groups in total. The lowest BCUT2D eigenvalue weighted by molar-refractivity contribution is 0.0668. The van der Waals surface area contributed by atoms with E-state index in [-0.39, 0.29) is 18.3 Å². The number of phenols is 1. The van der Waals surface area contributed by atoms with Gasteiger partial charge in [0.05, 0.1) is 6.67 Å². The molecule has 0 radical (unpaired) electrons. The Morgan fingerprint density at radius 2 is 1.92 bits per heavy atom. The summed E-state index contributed by atoms with van der Waals surface area (Å²) in [5.41, 5.74) is 10.3. The Labute approximate surface area is 209 Å². The standard InChI is InChI=1S/C29H29FN2O4/c1-18-25-14-23(33)7-10-26(25)36-28(27(18)21-3-2-4-22(13-21)29(31)34)20-5-8-24(9-6-20)35-12-11-32-16-19(15-30)17-32/h2-10,13-14,19,28,33H,11-12,15-17H2,1H3,(H2,31,34). The van der Waals surface area contributed by atoms with Crippen molar-refractivity contribution in [3.05, 3.63) is 89.0 Å². The smallest absolute Gasteiger partial charge is 0.248 e. The fourth-order valence-electron chi connectivity index (χ4n) is 4.87. The zero-order valence-electron chi connectivity index (χ0n) is 20.1. The Bertz CT molecular complexity index is 1300. The van der Waals surface area contributed by atoms with Gasteiger partial charge in [-0.05, 0) is 66.1 Å². The number of hydrogen-bond donors (Lipinski definition) is 2. The van der Waals surface area contributed by atoms with E-state index in [4.69, 9.17) is 15.2 Å². The molecule has 2 heterocycles. The van der Waals surface area contributed by atoms with E-state index in [2.05, 4.69) is 4.90 Å². The first kappa shape index (κ1) is 23.9. The molecule has 1 atom stereocenters. The van der Waals surface area contributed by atoms with Crippen LogP contribution in [0.1, 0.15) is 40.1 Å². The molecule has 1 saturated heterocycles. The van der Waals surface area contributed by atoms with E-state index < -0.39 is 12.0 Å². The van der Waals surface area contributed by atoms with Gasteiger partial charge in [0.2, 0.25) is 5.91 Å². The zero-order chi connectivity index (χ0) is 25.2. The molecule has 0 bridgehead atoms. The molecule has 2 aliphatic heterocycles. The van der Waals surface area contributed by atoms with Crippen LogP contribution in [0.25, 0.3) is 11.1 Å². The number of fused-ring (bicyclic) bond motifs is 1. The van der Waals surface area contributed by atoms with Crippen molar-refractivity contribution in [2.24, 2.45) is 11.7 Å². The first-order chi connectivity index (χ1) is 17.4. The van der Waals surface area contributed by atoms with Gasteiger partial charge < -0.3 is 20.3 Å². The molecular weight excluding hydrogens is 459 g/mol. The van der Waals surface area contributed by atoms with E-state index in [1.165, 1.54) is 0 Å². The number of alkyl halides is 1. The predicted molar refractivity (Wildman–Crippen MR) is 137 cm³/mol. The van der Waals surface area contributed by atoms with Crippen LogP contribution in [0.4, 0.5) is 4.39 Å². The van der Waals surface area contributed by atoms with E-state index in [9.17, 15) is 14.3 Å². The Morgan fingerprint density at radius 3 is 2.64 bits per heavy atom. The second-order valence-electron chi connectivity index (χ2n) is 9.36. The van der Waals surface area contributed by atoms with Crippen LogP contribution in [-0.4, -0.2) is 48.8 Å². The van der Waals surface area contributed by atoms with Crippen LogP contribution in [0, 0.1) is 5.92 Å². The van der Waals surface area contributed by atoms with Crippen molar-refractivity contribution in [2.75, 3.05) is 32.9 Å². The van der Waals surface area contributed by atoms with Crippen LogP contribution in [-0.2, 0) is 0 Å². The highest BCUT2D eigenvalue weighted by molar-refractivity contribution is 5.98. The normalized spacial score (nSPS) is 17.8. The molecule has 5 rings (SSSR count). The highest BCUT2D eigenvalue weighted by atomic mass is 19.1. The number of amides is 1. The molecule has 3 aromatic rings. The predicted octanol–water partition coefficient (Wildman–Crippen LogP) is 4.84. The van der Waals surface area contributed by atoms with E-state index >= 15 is 0 Å². The number of primary amides is 1. The highest BCUT2D eigenvalue weighted by Gasteiger charge is 2.30. The number of allylic oxidation sites excluding steroid dienone is 1. The molecule has 0 aromatic heterocycles. The van der Waals surface area contributed by atoms with Crippen LogP contribution in [0.5, 0.6) is 17.2 Å². The molecule has 0 saturated carbocycles. The van der Waals surface area contributed by atoms with E-state index in [0.29, 0.717) is 17.9 Å². The maximum Gasteiger partial charge on any atom is 0.248 e. The van der Waals surface area contributed by atoms with E-state index in [1.54, 1.807) is 36.4 Å². The maximum atomic E-state index is 12.6. The summed E-state index contributed by atoms with van der Waals surface area (Å²) in [4.78, 5) is 14.0. The van der Waals surface area contributed by atoms with Crippen molar-refractivity contribution in [1.82, 2.24) is 4.90 Å². The summed E-state index contributed by atoms with van der Waals surface area (Å²) in [5.74, 6) is 1.25. The number of carbonyl (C=O) groups is 1. The number of hydrogen-bond acceptors (Lipinski definition) is 5. The molecule has 7 heteroatoms. The third kappa shape index (κ3) is 4.79. The molecule has 2 aliphatic rings. The first-order valence-electron chi connectivity index (χ1n) is 12.0. The fraction of sp³-hybridized carbons (Fsp3) is 0.276. The van der Waals surface area contributed by atoms with Gasteiger partial charge >= 0.3 is 0 Å². The number of rotatable bonds is 8. The number of halogens is 1. The number of carbonyl (C=O) groups excluding carboxylic acids is 1. The van der Waals surface area contributed by atoms with Crippen molar-refractivity contribution >= 4 is 17.1 Å². The van der Waals surface area contributed by atoms with Gasteiger partial charge in [0, 0.05) is 42.3 Å². The fourth-order valence-corrected chi connectivity index (χ4v) is 4.87. The summed E-state index contributed by atoms with van der Waals surface area (Å²) in [6, 6.07) is 20.0. The lowest BCUT2D eigenvalue weighted by Crippen LogP contribution is -2.49. The molecular formula is C29H29FN2O4. The molecule has 1 unspecified atom stereocenters. The average Bonchev–Trinajstić information content (AvgIpc) is 2.86. The van der Waals surface area contributed by atoms with Gasteiger partial charge in [-0.2, -0.15) is 0 Å². The van der Waals surface area contributed by atoms with Crippen molar-refractivity contribution < 1.29 is 23.8 Å². The van der Waals surface area contributed by atoms with Crippen molar-refractivity contribution in [2.45, 2.75) is 13.0 Å². The van der Waals surface area contributed by atoms with Crippen molar-refractivity contribution in [3.63, 3.8) is 0 Å². The molecule has 1 amide bonds. The average molecular weight is 489 g/mol. The number of nitrogens with zero attached hydrogens (tertiary/aromatic N) is 1. The first-order valence-corrected chi connectivity index (χ1v) is 12.0. The van der Waals surface area contributed by atoms with Crippen LogP contribution in [0.15, 0.2) is 66.7 Å². The molecule has 0 spiro atoms. The molecule has 186 valence electrons. The quantitative estimate of drug-likeness (QED) is 0.474. The number of aromatic hydroxyl groups is 1. The number of benzene rings is 3. The second-order valence-corrected chi connectivity index (χ2v) is 9.36. The van der Waals surface area contributed by atoms with Crippen LogP contribution in [0.2, 0.25) is 0 Å². The monoisotopic (exact) mass is 488 g/mol. The number of ether oxygens (including phenoxy) is 2. The Hall–Kier alpha value is -3.84. The minimum atomic E-state index is -0.499. The molecule has 36 heavy (non-hydrogen) atoms. The SMILES string of the molecule is CC1=C(c2cccc(C(N)=O)c2)C(c2ccc(OCCN3CC(CF)C3)cc2)Oc2ccc(O)cc21. The number of phenolic OH excluding ortho intramolecular Hbond substituents is 1. The van der Waals surface area contributed by atoms with E-state index in [1.807, 2.05) is 37.3 Å². The van der Waals surface area contributed by atoms with Gasteiger partial charge in [-0.1, -0.05) is 24.3 Å². The lowest BCUT2D eigenvalue weighted by Gasteiger charge is -2.37. The Kier molecular flexibility index (Phi) is 6.65. The van der Waals surface area contributed by atoms with Crippen molar-refractivity contribution in [1.29, 1.82) is 0 Å². The zero-order valence-corrected chi connectivity index (χ0v) is 20.1. The lowest BCUT2D eigenvalue weighted by atomic mass is 9.85. The van der Waals surface area contributed by atoms with E-state index in [0.717, 1.165) is 53.2 Å². The van der Waals surface area contributed by atoms with Crippen LogP contribution >= 0.6 is 0 Å². The van der Waals surface area contributed by atoms with Gasteiger partial charge in [-0.3, -0.25) is 14.1 Å². The number of likely N-dealkylation sites (tertiary alicyclic amines) is 1. The second kappa shape index (κ2) is 10.0. The number of nitrogens with two attached hydrogens (primary N) is 1. The van der Waals surface area contributed by atoms with Gasteiger partial charge in [-0.15, -0.1) is 0 Å². The van der Waals surface area contributed by atoms with Gasteiger partial charge in [0.25, 0.3) is 0 Å². The van der Waals surface area contributed by atoms with Gasteiger partial charge in [0.15, 0.2) is 0 Å². The summed E-state index contributed by atoms with van der Waals surface area (Å²) < 4.78 is 24.9. The summed E-state index contributed by atoms with van der Waals surface area (Å²) in [6.45, 7) is 4.64. The van der Waals surface area contributed by atoms with Crippen LogP contribution < -0.4 is 15.2 Å². The summed E-state index contributed by atoms with van der Waals surface area (Å²) in [5, 5.41) is 10.1. The van der Waals surface area contributed by atoms with Gasteiger partial charge in [-0.25, -0.2) is 0 Å².